The van der Waals surface area contributed by atoms with E-state index in [0.717, 1.165) is 19.3 Å². The molecule has 0 aliphatic heterocycles. The lowest BCUT2D eigenvalue weighted by Crippen LogP contribution is -2.44. The summed E-state index contributed by atoms with van der Waals surface area (Å²) >= 11 is 0. The number of carbonyl (C=O) groups is 2. The first-order valence-corrected chi connectivity index (χ1v) is 8.02. The maximum Gasteiger partial charge on any atom is 0.307 e. The molecular formula is C16H27NO3. The molecule has 4 nitrogen and oxygen atoms in total. The first-order chi connectivity index (χ1) is 9.52. The summed E-state index contributed by atoms with van der Waals surface area (Å²) < 4.78 is 0. The van der Waals surface area contributed by atoms with Crippen LogP contribution in [-0.4, -0.2) is 23.5 Å². The second-order valence-electron chi connectivity index (χ2n) is 6.92. The van der Waals surface area contributed by atoms with Gasteiger partial charge in [0.2, 0.25) is 5.91 Å². The Balaban J connectivity index is 1.88. The van der Waals surface area contributed by atoms with Gasteiger partial charge in [0.05, 0.1) is 11.8 Å². The van der Waals surface area contributed by atoms with Crippen LogP contribution >= 0.6 is 0 Å². The maximum absolute atomic E-state index is 12.3. The van der Waals surface area contributed by atoms with E-state index in [9.17, 15) is 14.7 Å². The highest BCUT2D eigenvalue weighted by Gasteiger charge is 2.36. The Hall–Kier alpha value is -1.06. The van der Waals surface area contributed by atoms with Gasteiger partial charge >= 0.3 is 5.97 Å². The van der Waals surface area contributed by atoms with E-state index in [1.54, 1.807) is 0 Å². The normalized spacial score (nSPS) is 29.6. The molecule has 2 aliphatic carbocycles. The van der Waals surface area contributed by atoms with E-state index in [2.05, 4.69) is 12.2 Å². The van der Waals surface area contributed by atoms with Crippen LogP contribution in [0.3, 0.4) is 0 Å². The Bertz CT molecular complexity index is 361. The van der Waals surface area contributed by atoms with Crippen molar-refractivity contribution in [2.75, 3.05) is 6.54 Å². The minimum atomic E-state index is -0.811. The van der Waals surface area contributed by atoms with Gasteiger partial charge in [-0.1, -0.05) is 39.0 Å². The molecule has 0 heterocycles. The fourth-order valence-corrected chi connectivity index (χ4v) is 3.75. The van der Waals surface area contributed by atoms with Crippen molar-refractivity contribution >= 4 is 11.9 Å². The van der Waals surface area contributed by atoms with Crippen LogP contribution in [0.2, 0.25) is 0 Å². The zero-order chi connectivity index (χ0) is 14.6. The van der Waals surface area contributed by atoms with Crippen molar-refractivity contribution in [3.8, 4) is 0 Å². The molecule has 0 aromatic heterocycles. The van der Waals surface area contributed by atoms with Gasteiger partial charge in [-0.3, -0.25) is 9.59 Å². The molecule has 2 N–H and O–H groups in total. The Kier molecular flexibility index (Phi) is 5.06. The van der Waals surface area contributed by atoms with Crippen LogP contribution in [0.1, 0.15) is 64.7 Å². The molecule has 2 unspecified atom stereocenters. The molecule has 20 heavy (non-hydrogen) atoms. The minimum absolute atomic E-state index is 0.0381. The number of hydrogen-bond acceptors (Lipinski definition) is 2. The monoisotopic (exact) mass is 281 g/mol. The molecule has 0 radical (unpaired) electrons. The molecule has 4 heteroatoms. The first-order valence-electron chi connectivity index (χ1n) is 8.02. The molecule has 2 fully saturated rings. The van der Waals surface area contributed by atoms with Crippen LogP contribution in [-0.2, 0) is 9.59 Å². The minimum Gasteiger partial charge on any atom is -0.481 e. The number of hydrogen-bond donors (Lipinski definition) is 2. The lowest BCUT2D eigenvalue weighted by molar-refractivity contribution is -0.149. The van der Waals surface area contributed by atoms with Crippen molar-refractivity contribution < 1.29 is 14.7 Å². The molecule has 0 spiro atoms. The molecule has 0 saturated heterocycles. The summed E-state index contributed by atoms with van der Waals surface area (Å²) in [5.74, 6) is -1.66. The van der Waals surface area contributed by atoms with Crippen molar-refractivity contribution in [3.63, 3.8) is 0 Å². The van der Waals surface area contributed by atoms with Gasteiger partial charge in [0.1, 0.15) is 0 Å². The number of carboxylic acid groups (broad SMARTS) is 1. The number of carbonyl (C=O) groups excluding carboxylic acids is 1. The fourth-order valence-electron chi connectivity index (χ4n) is 3.75. The van der Waals surface area contributed by atoms with Gasteiger partial charge < -0.3 is 10.4 Å². The Morgan fingerprint density at radius 2 is 1.65 bits per heavy atom. The fraction of sp³-hybridized carbons (Fsp3) is 0.875. The van der Waals surface area contributed by atoms with E-state index in [4.69, 9.17) is 0 Å². The Labute approximate surface area is 121 Å². The number of rotatable bonds is 4. The van der Waals surface area contributed by atoms with Crippen LogP contribution in [0.5, 0.6) is 0 Å². The lowest BCUT2D eigenvalue weighted by atomic mass is 9.75. The zero-order valence-electron chi connectivity index (χ0n) is 12.5. The molecule has 0 aromatic rings. The standard InChI is InChI=1S/C16H27NO3/c1-16(9-5-2-6-10-16)11-17-14(18)12-7-3-4-8-13(12)15(19)20/h12-13H,2-11H2,1H3,(H,17,18)(H,19,20). The summed E-state index contributed by atoms with van der Waals surface area (Å²) in [6.07, 6.45) is 9.39. The highest BCUT2D eigenvalue weighted by Crippen LogP contribution is 2.35. The molecule has 0 aromatic carbocycles. The summed E-state index contributed by atoms with van der Waals surface area (Å²) in [5, 5.41) is 12.3. The zero-order valence-corrected chi connectivity index (χ0v) is 12.5. The molecular weight excluding hydrogens is 254 g/mol. The van der Waals surface area contributed by atoms with Gasteiger partial charge in [-0.2, -0.15) is 0 Å². The Morgan fingerprint density at radius 1 is 1.05 bits per heavy atom. The third-order valence-electron chi connectivity index (χ3n) is 5.17. The van der Waals surface area contributed by atoms with Crippen LogP contribution in [0.15, 0.2) is 0 Å². The van der Waals surface area contributed by atoms with Crippen molar-refractivity contribution in [2.24, 2.45) is 17.3 Å². The molecule has 2 saturated carbocycles. The summed E-state index contributed by atoms with van der Waals surface area (Å²) in [7, 11) is 0. The predicted molar refractivity (Wildman–Crippen MR) is 77.3 cm³/mol. The van der Waals surface area contributed by atoms with Crippen molar-refractivity contribution in [1.29, 1.82) is 0 Å². The van der Waals surface area contributed by atoms with E-state index in [1.165, 1.54) is 32.1 Å². The molecule has 1 amide bonds. The topological polar surface area (TPSA) is 66.4 Å². The van der Waals surface area contributed by atoms with Crippen molar-refractivity contribution in [2.45, 2.75) is 64.7 Å². The molecule has 114 valence electrons. The van der Waals surface area contributed by atoms with Gasteiger partial charge in [0.25, 0.3) is 0 Å². The van der Waals surface area contributed by atoms with E-state index >= 15 is 0 Å². The average molecular weight is 281 g/mol. The predicted octanol–water partition coefficient (Wildman–Crippen LogP) is 2.96. The van der Waals surface area contributed by atoms with Gasteiger partial charge in [0, 0.05) is 6.54 Å². The van der Waals surface area contributed by atoms with Crippen LogP contribution in [0, 0.1) is 17.3 Å². The van der Waals surface area contributed by atoms with E-state index < -0.39 is 11.9 Å². The van der Waals surface area contributed by atoms with Crippen molar-refractivity contribution in [1.82, 2.24) is 5.32 Å². The third-order valence-corrected chi connectivity index (χ3v) is 5.17. The largest absolute Gasteiger partial charge is 0.481 e. The molecule has 2 aliphatic rings. The van der Waals surface area contributed by atoms with Crippen LogP contribution < -0.4 is 5.32 Å². The summed E-state index contributed by atoms with van der Waals surface area (Å²) in [6.45, 7) is 2.94. The number of amides is 1. The van der Waals surface area contributed by atoms with Crippen molar-refractivity contribution in [3.05, 3.63) is 0 Å². The third kappa shape index (κ3) is 3.74. The smallest absolute Gasteiger partial charge is 0.307 e. The molecule has 2 atom stereocenters. The average Bonchev–Trinajstić information content (AvgIpc) is 2.45. The van der Waals surface area contributed by atoms with Gasteiger partial charge in [-0.15, -0.1) is 0 Å². The van der Waals surface area contributed by atoms with E-state index in [-0.39, 0.29) is 17.2 Å². The summed E-state index contributed by atoms with van der Waals surface area (Å²) in [6, 6.07) is 0. The number of aliphatic carboxylic acids is 1. The quantitative estimate of drug-likeness (QED) is 0.832. The highest BCUT2D eigenvalue weighted by molar-refractivity contribution is 5.84. The second kappa shape index (κ2) is 6.59. The SMILES string of the molecule is CC1(CNC(=O)C2CCCCC2C(=O)O)CCCCC1. The number of nitrogens with one attached hydrogen (secondary N) is 1. The highest BCUT2D eigenvalue weighted by atomic mass is 16.4. The molecule has 0 bridgehead atoms. The number of carboxylic acids is 1. The van der Waals surface area contributed by atoms with Gasteiger partial charge in [-0.05, 0) is 31.1 Å². The summed E-state index contributed by atoms with van der Waals surface area (Å²) in [4.78, 5) is 23.6. The lowest BCUT2D eigenvalue weighted by Gasteiger charge is -2.35. The van der Waals surface area contributed by atoms with E-state index in [1.807, 2.05) is 0 Å². The maximum atomic E-state index is 12.3. The van der Waals surface area contributed by atoms with Crippen LogP contribution in [0.4, 0.5) is 0 Å². The van der Waals surface area contributed by atoms with Crippen LogP contribution in [0.25, 0.3) is 0 Å². The molecule has 2 rings (SSSR count). The Morgan fingerprint density at radius 3 is 2.25 bits per heavy atom. The second-order valence-corrected chi connectivity index (χ2v) is 6.92. The van der Waals surface area contributed by atoms with Gasteiger partial charge in [-0.25, -0.2) is 0 Å². The van der Waals surface area contributed by atoms with Gasteiger partial charge in [0.15, 0.2) is 0 Å². The first kappa shape index (κ1) is 15.3. The summed E-state index contributed by atoms with van der Waals surface area (Å²) in [5.41, 5.74) is 0.210. The van der Waals surface area contributed by atoms with E-state index in [0.29, 0.717) is 13.0 Å².